The van der Waals surface area contributed by atoms with Crippen LogP contribution in [-0.4, -0.2) is 23.4 Å². The lowest BCUT2D eigenvalue weighted by Gasteiger charge is -2.36. The molecule has 3 unspecified atom stereocenters. The van der Waals surface area contributed by atoms with Crippen molar-refractivity contribution in [1.82, 2.24) is 4.90 Å². The van der Waals surface area contributed by atoms with Gasteiger partial charge in [0.15, 0.2) is 0 Å². The highest BCUT2D eigenvalue weighted by Crippen LogP contribution is 2.52. The Labute approximate surface area is 161 Å². The van der Waals surface area contributed by atoms with E-state index in [1.807, 2.05) is 0 Å². The Morgan fingerprint density at radius 3 is 2.37 bits per heavy atom. The maximum absolute atomic E-state index is 12.3. The number of amides is 1. The third-order valence-corrected chi connectivity index (χ3v) is 7.16. The lowest BCUT2D eigenvalue weighted by molar-refractivity contribution is -0.122. The summed E-state index contributed by atoms with van der Waals surface area (Å²) >= 11 is 0. The summed E-state index contributed by atoms with van der Waals surface area (Å²) in [6.07, 6.45) is 6.75. The molecule has 2 N–H and O–H groups in total. The molecule has 0 radical (unpaired) electrons. The highest BCUT2D eigenvalue weighted by Gasteiger charge is 2.49. The molecule has 2 aromatic rings. The van der Waals surface area contributed by atoms with Crippen molar-refractivity contribution in [2.45, 2.75) is 56.5 Å². The molecule has 1 saturated heterocycles. The van der Waals surface area contributed by atoms with Gasteiger partial charge < -0.3 is 5.73 Å². The van der Waals surface area contributed by atoms with Gasteiger partial charge in [-0.3, -0.25) is 9.69 Å². The summed E-state index contributed by atoms with van der Waals surface area (Å²) in [5.74, 6) is 0.840. The van der Waals surface area contributed by atoms with Gasteiger partial charge in [-0.15, -0.1) is 0 Å². The summed E-state index contributed by atoms with van der Waals surface area (Å²) in [6, 6.07) is 18.0. The first-order valence-corrected chi connectivity index (χ1v) is 10.4. The fraction of sp³-hybridized carbons (Fsp3) is 0.458. The molecule has 5 rings (SSSR count). The zero-order valence-electron chi connectivity index (χ0n) is 15.8. The molecule has 1 aliphatic carbocycles. The minimum absolute atomic E-state index is 0.125. The van der Waals surface area contributed by atoms with Gasteiger partial charge in [0.2, 0.25) is 5.91 Å². The number of fused-ring (bicyclic) bond motifs is 4. The molecular formula is C24H28N2O. The maximum Gasteiger partial charge on any atom is 0.234 e. The van der Waals surface area contributed by atoms with E-state index >= 15 is 0 Å². The van der Waals surface area contributed by atoms with Gasteiger partial charge in [-0.2, -0.15) is 0 Å². The van der Waals surface area contributed by atoms with E-state index in [0.29, 0.717) is 17.9 Å². The minimum atomic E-state index is -0.147. The average Bonchev–Trinajstić information content (AvgIpc) is 2.97. The summed E-state index contributed by atoms with van der Waals surface area (Å²) in [6.45, 7) is 0.970. The zero-order chi connectivity index (χ0) is 18.4. The monoisotopic (exact) mass is 360 g/mol. The number of nitrogens with zero attached hydrogens (tertiary/aromatic N) is 1. The van der Waals surface area contributed by atoms with E-state index < -0.39 is 0 Å². The number of primary amides is 1. The van der Waals surface area contributed by atoms with Crippen LogP contribution in [0.4, 0.5) is 0 Å². The SMILES string of the molecule is NC(=O)C1CC([C@H]2CCCc3ccccc32)C2c3ccccc3CCCN12. The fourth-order valence-electron chi connectivity index (χ4n) is 6.07. The lowest BCUT2D eigenvalue weighted by Crippen LogP contribution is -2.41. The van der Waals surface area contributed by atoms with Crippen LogP contribution in [0.25, 0.3) is 0 Å². The number of benzene rings is 2. The van der Waals surface area contributed by atoms with Gasteiger partial charge in [-0.1, -0.05) is 48.5 Å². The molecule has 4 atom stereocenters. The summed E-state index contributed by atoms with van der Waals surface area (Å²) in [5, 5.41) is 0. The van der Waals surface area contributed by atoms with Crippen LogP contribution >= 0.6 is 0 Å². The standard InChI is InChI=1S/C24H28N2O/c25-24(27)22-15-21(20-13-5-9-16-7-1-3-11-18(16)20)23-19-12-4-2-8-17(19)10-6-14-26(22)23/h1-4,7-8,11-12,20-23H,5-6,9-10,13-15H2,(H2,25,27)/t20-,21?,22?,23?/m0/s1. The highest BCUT2D eigenvalue weighted by molar-refractivity contribution is 5.80. The fourth-order valence-corrected chi connectivity index (χ4v) is 6.07. The first kappa shape index (κ1) is 17.0. The van der Waals surface area contributed by atoms with Crippen LogP contribution in [0.1, 0.15) is 59.9 Å². The molecule has 0 saturated carbocycles. The Hall–Kier alpha value is -2.13. The van der Waals surface area contributed by atoms with E-state index in [-0.39, 0.29) is 11.9 Å². The first-order chi connectivity index (χ1) is 13.2. The van der Waals surface area contributed by atoms with E-state index in [0.717, 1.165) is 25.8 Å². The number of carbonyl (C=O) groups excluding carboxylic acids is 1. The van der Waals surface area contributed by atoms with Crippen LogP contribution in [0.3, 0.4) is 0 Å². The second kappa shape index (κ2) is 6.79. The van der Waals surface area contributed by atoms with Gasteiger partial charge in [-0.05, 0) is 79.2 Å². The smallest absolute Gasteiger partial charge is 0.234 e. The number of hydrogen-bond acceptors (Lipinski definition) is 2. The Balaban J connectivity index is 1.61. The van der Waals surface area contributed by atoms with Crippen LogP contribution in [0.5, 0.6) is 0 Å². The molecule has 3 aliphatic rings. The van der Waals surface area contributed by atoms with E-state index in [9.17, 15) is 4.79 Å². The van der Waals surface area contributed by atoms with E-state index in [2.05, 4.69) is 53.4 Å². The van der Waals surface area contributed by atoms with Crippen molar-refractivity contribution in [2.24, 2.45) is 11.7 Å². The van der Waals surface area contributed by atoms with Crippen molar-refractivity contribution < 1.29 is 4.79 Å². The number of rotatable bonds is 2. The molecule has 2 heterocycles. The van der Waals surface area contributed by atoms with E-state index in [1.165, 1.54) is 41.5 Å². The van der Waals surface area contributed by atoms with Crippen LogP contribution in [0, 0.1) is 5.92 Å². The summed E-state index contributed by atoms with van der Waals surface area (Å²) in [4.78, 5) is 14.8. The predicted octanol–water partition coefficient (Wildman–Crippen LogP) is 3.97. The normalized spacial score (nSPS) is 30.1. The van der Waals surface area contributed by atoms with Crippen molar-refractivity contribution in [3.05, 3.63) is 70.8 Å². The minimum Gasteiger partial charge on any atom is -0.368 e. The Bertz CT molecular complexity index is 861. The van der Waals surface area contributed by atoms with Crippen molar-refractivity contribution >= 4 is 5.91 Å². The Kier molecular flexibility index (Phi) is 4.28. The number of aryl methyl sites for hydroxylation is 2. The van der Waals surface area contributed by atoms with Gasteiger partial charge in [-0.25, -0.2) is 0 Å². The molecule has 1 fully saturated rings. The van der Waals surface area contributed by atoms with Crippen molar-refractivity contribution in [3.8, 4) is 0 Å². The summed E-state index contributed by atoms with van der Waals surface area (Å²) in [7, 11) is 0. The third-order valence-electron chi connectivity index (χ3n) is 7.16. The second-order valence-corrected chi connectivity index (χ2v) is 8.50. The molecule has 140 valence electrons. The third kappa shape index (κ3) is 2.80. The van der Waals surface area contributed by atoms with Crippen LogP contribution in [0.2, 0.25) is 0 Å². The molecule has 3 heteroatoms. The molecule has 27 heavy (non-hydrogen) atoms. The van der Waals surface area contributed by atoms with Gasteiger partial charge in [0.25, 0.3) is 0 Å². The molecule has 1 amide bonds. The van der Waals surface area contributed by atoms with Crippen LogP contribution in [-0.2, 0) is 17.6 Å². The van der Waals surface area contributed by atoms with Crippen molar-refractivity contribution in [1.29, 1.82) is 0 Å². The Morgan fingerprint density at radius 1 is 0.926 bits per heavy atom. The van der Waals surface area contributed by atoms with Crippen molar-refractivity contribution in [2.75, 3.05) is 6.54 Å². The predicted molar refractivity (Wildman–Crippen MR) is 107 cm³/mol. The zero-order valence-corrected chi connectivity index (χ0v) is 15.8. The molecular weight excluding hydrogens is 332 g/mol. The molecule has 0 bridgehead atoms. The molecule has 2 aromatic carbocycles. The topological polar surface area (TPSA) is 46.3 Å². The van der Waals surface area contributed by atoms with Crippen LogP contribution < -0.4 is 5.73 Å². The first-order valence-electron chi connectivity index (χ1n) is 10.4. The molecule has 0 aromatic heterocycles. The number of carbonyl (C=O) groups is 1. The average molecular weight is 361 g/mol. The van der Waals surface area contributed by atoms with Gasteiger partial charge >= 0.3 is 0 Å². The maximum atomic E-state index is 12.3. The van der Waals surface area contributed by atoms with Crippen LogP contribution in [0.15, 0.2) is 48.5 Å². The lowest BCUT2D eigenvalue weighted by atomic mass is 9.71. The molecule has 3 nitrogen and oxygen atoms in total. The molecule has 0 spiro atoms. The molecule has 2 aliphatic heterocycles. The Morgan fingerprint density at radius 2 is 1.59 bits per heavy atom. The van der Waals surface area contributed by atoms with E-state index in [1.54, 1.807) is 0 Å². The second-order valence-electron chi connectivity index (χ2n) is 8.50. The van der Waals surface area contributed by atoms with Gasteiger partial charge in [0.05, 0.1) is 6.04 Å². The largest absolute Gasteiger partial charge is 0.368 e. The quantitative estimate of drug-likeness (QED) is 0.881. The van der Waals surface area contributed by atoms with Gasteiger partial charge in [0.1, 0.15) is 0 Å². The summed E-state index contributed by atoms with van der Waals surface area (Å²) in [5.41, 5.74) is 11.8. The van der Waals surface area contributed by atoms with E-state index in [4.69, 9.17) is 5.73 Å². The number of hydrogen-bond donors (Lipinski definition) is 1. The summed E-state index contributed by atoms with van der Waals surface area (Å²) < 4.78 is 0. The van der Waals surface area contributed by atoms with Crippen molar-refractivity contribution in [3.63, 3.8) is 0 Å². The van der Waals surface area contributed by atoms with Gasteiger partial charge in [0, 0.05) is 6.04 Å². The number of nitrogens with two attached hydrogens (primary N) is 1. The highest BCUT2D eigenvalue weighted by atomic mass is 16.1.